The van der Waals surface area contributed by atoms with Crippen molar-refractivity contribution < 1.29 is 4.39 Å². The molecule has 0 bridgehead atoms. The van der Waals surface area contributed by atoms with E-state index in [1.807, 2.05) is 25.3 Å². The lowest BCUT2D eigenvalue weighted by molar-refractivity contribution is 0.550. The first-order valence-electron chi connectivity index (χ1n) is 5.95. The molecule has 17 heavy (non-hydrogen) atoms. The van der Waals surface area contributed by atoms with Gasteiger partial charge in [-0.3, -0.25) is 0 Å². The second kappa shape index (κ2) is 4.45. The van der Waals surface area contributed by atoms with Crippen LogP contribution < -0.4 is 5.73 Å². The summed E-state index contributed by atoms with van der Waals surface area (Å²) in [6.07, 6.45) is 0. The minimum Gasteiger partial charge on any atom is -0.328 e. The SMILES string of the molecule is CCn1c(C(C)C(C)N)nc2ccc(F)cc21. The molecule has 2 unspecified atom stereocenters. The third-order valence-electron chi connectivity index (χ3n) is 3.25. The largest absolute Gasteiger partial charge is 0.328 e. The molecule has 2 atom stereocenters. The van der Waals surface area contributed by atoms with Crippen LogP contribution >= 0.6 is 0 Å². The van der Waals surface area contributed by atoms with Gasteiger partial charge in [-0.05, 0) is 32.0 Å². The van der Waals surface area contributed by atoms with Crippen molar-refractivity contribution >= 4 is 11.0 Å². The normalized spacial score (nSPS) is 15.1. The molecule has 0 aliphatic rings. The van der Waals surface area contributed by atoms with Gasteiger partial charge in [-0.25, -0.2) is 9.37 Å². The molecule has 1 aromatic carbocycles. The number of hydrogen-bond donors (Lipinski definition) is 1. The zero-order valence-electron chi connectivity index (χ0n) is 10.4. The van der Waals surface area contributed by atoms with Crippen LogP contribution in [0.25, 0.3) is 11.0 Å². The van der Waals surface area contributed by atoms with Crippen LogP contribution in [0.15, 0.2) is 18.2 Å². The number of aromatic nitrogens is 2. The maximum Gasteiger partial charge on any atom is 0.125 e. The molecule has 0 amide bonds. The van der Waals surface area contributed by atoms with Crippen molar-refractivity contribution in [2.75, 3.05) is 0 Å². The van der Waals surface area contributed by atoms with Gasteiger partial charge in [0, 0.05) is 18.5 Å². The molecule has 0 aliphatic carbocycles. The van der Waals surface area contributed by atoms with E-state index in [1.54, 1.807) is 6.07 Å². The molecule has 0 aliphatic heterocycles. The Hall–Kier alpha value is -1.42. The fraction of sp³-hybridized carbons (Fsp3) is 0.462. The Bertz CT molecular complexity index is 531. The standard InChI is InChI=1S/C13H18FN3/c1-4-17-12-7-10(14)5-6-11(12)16-13(17)8(2)9(3)15/h5-9H,4,15H2,1-3H3. The highest BCUT2D eigenvalue weighted by molar-refractivity contribution is 5.76. The van der Waals surface area contributed by atoms with E-state index >= 15 is 0 Å². The van der Waals surface area contributed by atoms with E-state index in [0.29, 0.717) is 0 Å². The average molecular weight is 235 g/mol. The molecule has 3 nitrogen and oxygen atoms in total. The van der Waals surface area contributed by atoms with Crippen molar-refractivity contribution in [2.24, 2.45) is 5.73 Å². The minimum absolute atomic E-state index is 0.0296. The summed E-state index contributed by atoms with van der Waals surface area (Å²) in [7, 11) is 0. The highest BCUT2D eigenvalue weighted by Gasteiger charge is 2.18. The molecule has 92 valence electrons. The first-order valence-corrected chi connectivity index (χ1v) is 5.95. The molecular formula is C13H18FN3. The molecule has 4 heteroatoms. The Morgan fingerprint density at radius 3 is 2.71 bits per heavy atom. The van der Waals surface area contributed by atoms with Gasteiger partial charge in [-0.1, -0.05) is 6.92 Å². The van der Waals surface area contributed by atoms with Crippen LogP contribution in [0.5, 0.6) is 0 Å². The molecular weight excluding hydrogens is 217 g/mol. The summed E-state index contributed by atoms with van der Waals surface area (Å²) in [5.74, 6) is 0.862. The molecule has 2 aromatic rings. The van der Waals surface area contributed by atoms with Crippen LogP contribution in [-0.2, 0) is 6.54 Å². The Labute approximate surface area is 100 Å². The quantitative estimate of drug-likeness (QED) is 0.888. The number of nitrogens with two attached hydrogens (primary N) is 1. The number of rotatable bonds is 3. The van der Waals surface area contributed by atoms with Gasteiger partial charge in [0.05, 0.1) is 11.0 Å². The molecule has 0 radical (unpaired) electrons. The number of fused-ring (bicyclic) bond motifs is 1. The predicted molar refractivity (Wildman–Crippen MR) is 67.4 cm³/mol. The van der Waals surface area contributed by atoms with Crippen LogP contribution in [-0.4, -0.2) is 15.6 Å². The Morgan fingerprint density at radius 2 is 2.12 bits per heavy atom. The van der Waals surface area contributed by atoms with E-state index in [-0.39, 0.29) is 17.8 Å². The molecule has 2 rings (SSSR count). The summed E-state index contributed by atoms with van der Waals surface area (Å²) in [6.45, 7) is 6.81. The molecule has 2 N–H and O–H groups in total. The third kappa shape index (κ3) is 2.05. The average Bonchev–Trinajstić information content (AvgIpc) is 2.65. The highest BCUT2D eigenvalue weighted by Crippen LogP contribution is 2.24. The van der Waals surface area contributed by atoms with Crippen LogP contribution in [0.1, 0.15) is 32.5 Å². The first-order chi connectivity index (χ1) is 8.04. The fourth-order valence-corrected chi connectivity index (χ4v) is 2.03. The van der Waals surface area contributed by atoms with Crippen LogP contribution in [0, 0.1) is 5.82 Å². The predicted octanol–water partition coefficient (Wildman–Crippen LogP) is 2.65. The molecule has 0 saturated heterocycles. The number of halogens is 1. The monoisotopic (exact) mass is 235 g/mol. The third-order valence-corrected chi connectivity index (χ3v) is 3.25. The lowest BCUT2D eigenvalue weighted by Gasteiger charge is -2.16. The maximum absolute atomic E-state index is 13.3. The molecule has 0 spiro atoms. The number of benzene rings is 1. The zero-order valence-corrected chi connectivity index (χ0v) is 10.4. The van der Waals surface area contributed by atoms with E-state index in [0.717, 1.165) is 23.4 Å². The van der Waals surface area contributed by atoms with E-state index < -0.39 is 0 Å². The molecule has 1 aromatic heterocycles. The highest BCUT2D eigenvalue weighted by atomic mass is 19.1. The number of nitrogens with zero attached hydrogens (tertiary/aromatic N) is 2. The Balaban J connectivity index is 2.64. The molecule has 0 fully saturated rings. The summed E-state index contributed by atoms with van der Waals surface area (Å²) in [5, 5.41) is 0. The summed E-state index contributed by atoms with van der Waals surface area (Å²) < 4.78 is 15.3. The van der Waals surface area contributed by atoms with E-state index in [4.69, 9.17) is 5.73 Å². The van der Waals surface area contributed by atoms with Gasteiger partial charge in [0.1, 0.15) is 11.6 Å². The molecule has 0 saturated carbocycles. The summed E-state index contributed by atoms with van der Waals surface area (Å²) in [5.41, 5.74) is 7.59. The van der Waals surface area contributed by atoms with Gasteiger partial charge in [0.15, 0.2) is 0 Å². The Morgan fingerprint density at radius 1 is 1.41 bits per heavy atom. The van der Waals surface area contributed by atoms with Crippen LogP contribution in [0.2, 0.25) is 0 Å². The van der Waals surface area contributed by atoms with E-state index in [1.165, 1.54) is 12.1 Å². The van der Waals surface area contributed by atoms with Gasteiger partial charge >= 0.3 is 0 Å². The smallest absolute Gasteiger partial charge is 0.125 e. The van der Waals surface area contributed by atoms with Crippen molar-refractivity contribution in [3.8, 4) is 0 Å². The minimum atomic E-state index is -0.230. The number of imidazole rings is 1. The summed E-state index contributed by atoms with van der Waals surface area (Å²) in [6, 6.07) is 4.72. The van der Waals surface area contributed by atoms with Crippen molar-refractivity contribution in [3.63, 3.8) is 0 Å². The van der Waals surface area contributed by atoms with Crippen molar-refractivity contribution in [1.82, 2.24) is 9.55 Å². The van der Waals surface area contributed by atoms with Crippen molar-refractivity contribution in [1.29, 1.82) is 0 Å². The van der Waals surface area contributed by atoms with Gasteiger partial charge in [0.2, 0.25) is 0 Å². The first kappa shape index (κ1) is 12.0. The van der Waals surface area contributed by atoms with Gasteiger partial charge in [0.25, 0.3) is 0 Å². The summed E-state index contributed by atoms with van der Waals surface area (Å²) >= 11 is 0. The second-order valence-corrected chi connectivity index (χ2v) is 4.50. The maximum atomic E-state index is 13.3. The fourth-order valence-electron chi connectivity index (χ4n) is 2.03. The van der Waals surface area contributed by atoms with Gasteiger partial charge < -0.3 is 10.3 Å². The zero-order chi connectivity index (χ0) is 12.6. The number of hydrogen-bond acceptors (Lipinski definition) is 2. The topological polar surface area (TPSA) is 43.8 Å². The van der Waals surface area contributed by atoms with Crippen LogP contribution in [0.4, 0.5) is 4.39 Å². The second-order valence-electron chi connectivity index (χ2n) is 4.50. The van der Waals surface area contributed by atoms with Gasteiger partial charge in [-0.15, -0.1) is 0 Å². The molecule has 1 heterocycles. The van der Waals surface area contributed by atoms with Crippen molar-refractivity contribution in [3.05, 3.63) is 29.8 Å². The number of aryl methyl sites for hydroxylation is 1. The van der Waals surface area contributed by atoms with Crippen molar-refractivity contribution in [2.45, 2.75) is 39.3 Å². The lowest BCUT2D eigenvalue weighted by atomic mass is 10.0. The summed E-state index contributed by atoms with van der Waals surface area (Å²) in [4.78, 5) is 4.56. The van der Waals surface area contributed by atoms with E-state index in [9.17, 15) is 4.39 Å². The van der Waals surface area contributed by atoms with Gasteiger partial charge in [-0.2, -0.15) is 0 Å². The lowest BCUT2D eigenvalue weighted by Crippen LogP contribution is -2.25. The van der Waals surface area contributed by atoms with E-state index in [2.05, 4.69) is 4.98 Å². The van der Waals surface area contributed by atoms with Crippen LogP contribution in [0.3, 0.4) is 0 Å². The Kier molecular flexibility index (Phi) is 3.15.